The first kappa shape index (κ1) is 18.7. The molecule has 0 amide bonds. The summed E-state index contributed by atoms with van der Waals surface area (Å²) in [6.45, 7) is 1.90. The second-order valence-corrected chi connectivity index (χ2v) is 5.43. The highest BCUT2D eigenvalue weighted by molar-refractivity contribution is 5.97. The number of para-hydroxylation sites is 1. The first-order valence-electron chi connectivity index (χ1n) is 8.29. The van der Waals surface area contributed by atoms with Gasteiger partial charge in [0.25, 0.3) is 0 Å². The van der Waals surface area contributed by atoms with E-state index in [0.29, 0.717) is 11.4 Å². The summed E-state index contributed by atoms with van der Waals surface area (Å²) in [7, 11) is 0. The molecule has 0 spiro atoms. The summed E-state index contributed by atoms with van der Waals surface area (Å²) in [5.41, 5.74) is 0.723. The van der Waals surface area contributed by atoms with Gasteiger partial charge in [-0.25, -0.2) is 14.8 Å². The smallest absolute Gasteiger partial charge is 0.353 e. The maximum absolute atomic E-state index is 12.1. The molecular formula is C18H16N6O4. The van der Waals surface area contributed by atoms with Gasteiger partial charge in [0, 0.05) is 6.20 Å². The minimum atomic E-state index is -0.603. The quantitative estimate of drug-likeness (QED) is 0.359. The molecule has 0 aliphatic heterocycles. The van der Waals surface area contributed by atoms with Crippen LogP contribution >= 0.6 is 0 Å². The van der Waals surface area contributed by atoms with E-state index in [4.69, 9.17) is 4.74 Å². The number of esters is 1. The number of benzene rings is 1. The first-order valence-corrected chi connectivity index (χ1v) is 8.29. The number of nitro groups is 1. The molecule has 0 radical (unpaired) electrons. The van der Waals surface area contributed by atoms with Gasteiger partial charge in [-0.3, -0.25) is 15.1 Å². The average Bonchev–Trinajstić information content (AvgIpc) is 2.69. The molecule has 0 aliphatic carbocycles. The fraction of sp³-hybridized carbons (Fsp3) is 0.111. The number of hydrogen-bond acceptors (Lipinski definition) is 9. The number of carbonyl (C=O) groups excluding carboxylic acids is 1. The van der Waals surface area contributed by atoms with Crippen molar-refractivity contribution in [3.05, 3.63) is 70.8 Å². The van der Waals surface area contributed by atoms with Crippen molar-refractivity contribution in [2.45, 2.75) is 6.92 Å². The molecule has 0 atom stereocenters. The van der Waals surface area contributed by atoms with Crippen molar-refractivity contribution in [2.24, 2.45) is 0 Å². The van der Waals surface area contributed by atoms with Crippen LogP contribution in [0.25, 0.3) is 0 Å². The molecule has 3 aromatic rings. The Hall–Kier alpha value is -4.08. The van der Waals surface area contributed by atoms with E-state index >= 15 is 0 Å². The number of rotatable bonds is 7. The molecule has 0 saturated heterocycles. The van der Waals surface area contributed by atoms with Gasteiger partial charge in [0.05, 0.1) is 34.7 Å². The molecular weight excluding hydrogens is 364 g/mol. The minimum Gasteiger partial charge on any atom is -0.462 e. The van der Waals surface area contributed by atoms with Gasteiger partial charge in [-0.1, -0.05) is 12.1 Å². The fourth-order valence-corrected chi connectivity index (χ4v) is 2.41. The number of hydrogen-bond donors (Lipinski definition) is 2. The number of ether oxygens (including phenoxy) is 1. The number of anilines is 4. The molecule has 3 rings (SSSR count). The van der Waals surface area contributed by atoms with Crippen LogP contribution in [-0.2, 0) is 4.74 Å². The molecule has 10 heteroatoms. The Balaban J connectivity index is 1.98. The average molecular weight is 380 g/mol. The topological polar surface area (TPSA) is 132 Å². The maximum atomic E-state index is 12.1. The van der Waals surface area contributed by atoms with Gasteiger partial charge in [-0.15, -0.1) is 0 Å². The predicted octanol–water partition coefficient (Wildman–Crippen LogP) is 3.44. The summed E-state index contributed by atoms with van der Waals surface area (Å²) in [4.78, 5) is 35.1. The van der Waals surface area contributed by atoms with Crippen LogP contribution in [0, 0.1) is 10.1 Å². The Bertz CT molecular complexity index is 996. The monoisotopic (exact) mass is 380 g/mol. The van der Waals surface area contributed by atoms with E-state index in [9.17, 15) is 14.9 Å². The summed E-state index contributed by atoms with van der Waals surface area (Å²) in [6, 6.07) is 9.90. The van der Waals surface area contributed by atoms with Crippen molar-refractivity contribution < 1.29 is 14.5 Å². The van der Waals surface area contributed by atoms with Crippen LogP contribution in [0.3, 0.4) is 0 Å². The van der Waals surface area contributed by atoms with Gasteiger partial charge in [-0.2, -0.15) is 0 Å². The highest BCUT2D eigenvalue weighted by atomic mass is 16.6. The molecule has 0 aliphatic rings. The Morgan fingerprint density at radius 2 is 1.89 bits per heavy atom. The molecule has 142 valence electrons. The lowest BCUT2D eigenvalue weighted by atomic mass is 10.2. The van der Waals surface area contributed by atoms with Crippen molar-refractivity contribution >= 4 is 34.7 Å². The Morgan fingerprint density at radius 1 is 1.14 bits per heavy atom. The first-order chi connectivity index (χ1) is 13.6. The highest BCUT2D eigenvalue weighted by Gasteiger charge is 2.24. The molecule has 2 heterocycles. The van der Waals surface area contributed by atoms with E-state index in [1.54, 1.807) is 49.5 Å². The van der Waals surface area contributed by atoms with E-state index in [-0.39, 0.29) is 29.5 Å². The number of nitrogens with zero attached hydrogens (tertiary/aromatic N) is 4. The van der Waals surface area contributed by atoms with Crippen LogP contribution in [0.15, 0.2) is 55.1 Å². The molecule has 28 heavy (non-hydrogen) atoms. The third-order valence-electron chi connectivity index (χ3n) is 3.60. The predicted molar refractivity (Wildman–Crippen MR) is 102 cm³/mol. The molecule has 1 aromatic carbocycles. The van der Waals surface area contributed by atoms with Crippen molar-refractivity contribution in [3.8, 4) is 0 Å². The third kappa shape index (κ3) is 4.18. The molecule has 0 fully saturated rings. The second kappa shape index (κ2) is 8.54. The molecule has 0 bridgehead atoms. The van der Waals surface area contributed by atoms with E-state index in [2.05, 4.69) is 25.6 Å². The lowest BCUT2D eigenvalue weighted by Gasteiger charge is -2.12. The number of aromatic nitrogens is 3. The molecule has 10 nitrogen and oxygen atoms in total. The Kier molecular flexibility index (Phi) is 5.70. The van der Waals surface area contributed by atoms with E-state index < -0.39 is 10.9 Å². The molecule has 2 N–H and O–H groups in total. The zero-order valence-corrected chi connectivity index (χ0v) is 14.8. The largest absolute Gasteiger partial charge is 0.462 e. The summed E-state index contributed by atoms with van der Waals surface area (Å²) in [5.74, 6) is -0.622. The van der Waals surface area contributed by atoms with E-state index in [1.165, 1.54) is 12.5 Å². The van der Waals surface area contributed by atoms with Crippen molar-refractivity contribution in [2.75, 3.05) is 17.2 Å². The van der Waals surface area contributed by atoms with Gasteiger partial charge in [-0.05, 0) is 31.2 Å². The van der Waals surface area contributed by atoms with Crippen LogP contribution in [-0.4, -0.2) is 32.5 Å². The van der Waals surface area contributed by atoms with Crippen LogP contribution < -0.4 is 10.6 Å². The zero-order valence-electron chi connectivity index (χ0n) is 14.8. The Morgan fingerprint density at radius 3 is 2.57 bits per heavy atom. The number of carbonyl (C=O) groups is 1. The lowest BCUT2D eigenvalue weighted by molar-refractivity contribution is -0.383. The van der Waals surface area contributed by atoms with Crippen LogP contribution in [0.4, 0.5) is 28.7 Å². The number of nitrogens with one attached hydrogen (secondary N) is 2. The third-order valence-corrected chi connectivity index (χ3v) is 3.60. The summed E-state index contributed by atoms with van der Waals surface area (Å²) < 4.78 is 5.02. The second-order valence-electron chi connectivity index (χ2n) is 5.43. The number of pyridine rings is 1. The summed E-state index contributed by atoms with van der Waals surface area (Å²) in [6.07, 6.45) is 4.27. The van der Waals surface area contributed by atoms with Crippen molar-refractivity contribution in [1.82, 2.24) is 15.0 Å². The van der Waals surface area contributed by atoms with E-state index in [1.807, 2.05) is 0 Å². The van der Waals surface area contributed by atoms with Crippen molar-refractivity contribution in [1.29, 1.82) is 0 Å². The van der Waals surface area contributed by atoms with Crippen molar-refractivity contribution in [3.63, 3.8) is 0 Å². The molecule has 0 saturated carbocycles. The SMILES string of the molecule is CCOC(=O)c1ccccc1Nc1ncnc(Nc2cccnc2)c1[N+](=O)[O-]. The maximum Gasteiger partial charge on any atom is 0.353 e. The minimum absolute atomic E-state index is 0.0101. The van der Waals surface area contributed by atoms with Gasteiger partial charge >= 0.3 is 11.7 Å². The lowest BCUT2D eigenvalue weighted by Crippen LogP contribution is -2.10. The van der Waals surface area contributed by atoms with E-state index in [0.717, 1.165) is 0 Å². The van der Waals surface area contributed by atoms with Gasteiger partial charge in [0.2, 0.25) is 11.6 Å². The van der Waals surface area contributed by atoms with Gasteiger partial charge in [0.1, 0.15) is 6.33 Å². The fourth-order valence-electron chi connectivity index (χ4n) is 2.41. The highest BCUT2D eigenvalue weighted by Crippen LogP contribution is 2.33. The van der Waals surface area contributed by atoms with Crippen LogP contribution in [0.2, 0.25) is 0 Å². The normalized spacial score (nSPS) is 10.2. The van der Waals surface area contributed by atoms with Gasteiger partial charge < -0.3 is 15.4 Å². The van der Waals surface area contributed by atoms with Crippen LogP contribution in [0.5, 0.6) is 0 Å². The summed E-state index contributed by atoms with van der Waals surface area (Å²) in [5, 5.41) is 17.4. The van der Waals surface area contributed by atoms with Crippen LogP contribution in [0.1, 0.15) is 17.3 Å². The standard InChI is InChI=1S/C18H16N6O4/c1-2-28-18(25)13-7-3-4-8-14(13)23-17-15(24(26)27)16(20-11-21-17)22-12-6-5-9-19-10-12/h3-11H,2H2,1H3,(H2,20,21,22,23). The molecule has 2 aromatic heterocycles. The van der Waals surface area contributed by atoms with Gasteiger partial charge in [0.15, 0.2) is 0 Å². The Labute approximate surface area is 159 Å². The zero-order chi connectivity index (χ0) is 19.9. The summed E-state index contributed by atoms with van der Waals surface area (Å²) >= 11 is 0. The molecule has 0 unspecified atom stereocenters.